The summed E-state index contributed by atoms with van der Waals surface area (Å²) in [5.41, 5.74) is 4.02. The Morgan fingerprint density at radius 3 is 2.30 bits per heavy atom. The zero-order chi connectivity index (χ0) is 23.5. The highest BCUT2D eigenvalue weighted by Gasteiger charge is 2.15. The second kappa shape index (κ2) is 9.20. The maximum Gasteiger partial charge on any atom is 0.262 e. The third kappa shape index (κ3) is 4.90. The average molecular weight is 443 g/mol. The first-order chi connectivity index (χ1) is 15.8. The molecule has 0 aliphatic rings. The van der Waals surface area contributed by atoms with Crippen LogP contribution in [0.2, 0.25) is 0 Å². The molecule has 33 heavy (non-hydrogen) atoms. The minimum Gasteiger partial charge on any atom is -0.484 e. The molecule has 4 aromatic rings. The van der Waals surface area contributed by atoms with Crippen molar-refractivity contribution in [2.45, 2.75) is 27.7 Å². The third-order valence-electron chi connectivity index (χ3n) is 5.26. The molecule has 1 heterocycles. The van der Waals surface area contributed by atoms with Gasteiger partial charge in [0.05, 0.1) is 5.39 Å². The minimum absolute atomic E-state index is 0.144. The van der Waals surface area contributed by atoms with Gasteiger partial charge < -0.3 is 19.2 Å². The van der Waals surface area contributed by atoms with Crippen LogP contribution in [-0.4, -0.2) is 12.5 Å². The molecule has 1 N–H and O–H groups in total. The number of nitrogens with one attached hydrogen (secondary N) is 1. The molecule has 0 spiro atoms. The molecule has 4 rings (SSSR count). The highest BCUT2D eigenvalue weighted by atomic mass is 16.5. The lowest BCUT2D eigenvalue weighted by Crippen LogP contribution is -2.21. The van der Waals surface area contributed by atoms with Crippen LogP contribution in [-0.2, 0) is 4.79 Å². The molecule has 6 nitrogen and oxygen atoms in total. The SMILES string of the molecule is Cc1cc(C)c(NC(=O)COc2ccc3c(=O)c(Oc4ccccc4)c(C)oc3c2)c(C)c1. The van der Waals surface area contributed by atoms with E-state index < -0.39 is 0 Å². The number of hydrogen-bond acceptors (Lipinski definition) is 5. The number of rotatable bonds is 6. The molecule has 1 aromatic heterocycles. The summed E-state index contributed by atoms with van der Waals surface area (Å²) in [4.78, 5) is 25.4. The number of para-hydroxylation sites is 1. The molecule has 0 aliphatic heterocycles. The molecule has 0 radical (unpaired) electrons. The van der Waals surface area contributed by atoms with Gasteiger partial charge in [0.25, 0.3) is 5.91 Å². The topological polar surface area (TPSA) is 77.8 Å². The van der Waals surface area contributed by atoms with Gasteiger partial charge in [0.1, 0.15) is 22.8 Å². The van der Waals surface area contributed by atoms with Crippen LogP contribution in [0.15, 0.2) is 69.9 Å². The number of amides is 1. The van der Waals surface area contributed by atoms with Gasteiger partial charge >= 0.3 is 0 Å². The van der Waals surface area contributed by atoms with Gasteiger partial charge in [-0.05, 0) is 63.1 Å². The molecule has 0 aliphatic carbocycles. The van der Waals surface area contributed by atoms with Crippen LogP contribution in [0, 0.1) is 27.7 Å². The van der Waals surface area contributed by atoms with Crippen LogP contribution < -0.4 is 20.2 Å². The number of benzene rings is 3. The Morgan fingerprint density at radius 1 is 0.909 bits per heavy atom. The summed E-state index contributed by atoms with van der Waals surface area (Å²) < 4.78 is 17.2. The van der Waals surface area contributed by atoms with Crippen molar-refractivity contribution >= 4 is 22.6 Å². The Hall–Kier alpha value is -4.06. The fraction of sp³-hybridized carbons (Fsp3) is 0.185. The number of ether oxygens (including phenoxy) is 2. The summed E-state index contributed by atoms with van der Waals surface area (Å²) in [6, 6.07) is 18.0. The molecular formula is C27H25NO5. The predicted molar refractivity (Wildman–Crippen MR) is 129 cm³/mol. The minimum atomic E-state index is -0.271. The number of carbonyl (C=O) groups is 1. The fourth-order valence-corrected chi connectivity index (χ4v) is 3.78. The molecule has 1 amide bonds. The standard InChI is InChI=1S/C27H25NO5/c1-16-12-17(2)25(18(3)13-16)28-24(29)15-31-21-10-11-22-23(14-21)32-19(4)27(26(22)30)33-20-8-6-5-7-9-20/h5-14H,15H2,1-4H3,(H,28,29). The fourth-order valence-electron chi connectivity index (χ4n) is 3.78. The van der Waals surface area contributed by atoms with Gasteiger partial charge in [-0.25, -0.2) is 0 Å². The molecule has 0 bridgehead atoms. The smallest absolute Gasteiger partial charge is 0.262 e. The van der Waals surface area contributed by atoms with Crippen LogP contribution in [0.1, 0.15) is 22.5 Å². The lowest BCUT2D eigenvalue weighted by molar-refractivity contribution is -0.118. The van der Waals surface area contributed by atoms with Gasteiger partial charge in [-0.2, -0.15) is 0 Å². The summed E-state index contributed by atoms with van der Waals surface area (Å²) in [5, 5.41) is 3.28. The molecule has 0 saturated carbocycles. The van der Waals surface area contributed by atoms with Crippen LogP contribution in [0.4, 0.5) is 5.69 Å². The molecule has 0 fully saturated rings. The van der Waals surface area contributed by atoms with Crippen molar-refractivity contribution in [1.29, 1.82) is 0 Å². The van der Waals surface area contributed by atoms with E-state index in [1.165, 1.54) is 0 Å². The van der Waals surface area contributed by atoms with Crippen molar-refractivity contribution in [3.63, 3.8) is 0 Å². The van der Waals surface area contributed by atoms with E-state index in [1.807, 2.05) is 51.1 Å². The molecule has 3 aromatic carbocycles. The van der Waals surface area contributed by atoms with Gasteiger partial charge in [-0.15, -0.1) is 0 Å². The van der Waals surface area contributed by atoms with Crippen molar-refractivity contribution in [1.82, 2.24) is 0 Å². The quantitative estimate of drug-likeness (QED) is 0.405. The Balaban J connectivity index is 1.50. The van der Waals surface area contributed by atoms with Crippen molar-refractivity contribution in [3.8, 4) is 17.2 Å². The normalized spacial score (nSPS) is 10.8. The number of anilines is 1. The van der Waals surface area contributed by atoms with Crippen LogP contribution in [0.3, 0.4) is 0 Å². The lowest BCUT2D eigenvalue weighted by Gasteiger charge is -2.13. The highest BCUT2D eigenvalue weighted by Crippen LogP contribution is 2.27. The monoisotopic (exact) mass is 443 g/mol. The summed E-state index contributed by atoms with van der Waals surface area (Å²) in [6.07, 6.45) is 0. The predicted octanol–water partition coefficient (Wildman–Crippen LogP) is 5.84. The van der Waals surface area contributed by atoms with Crippen molar-refractivity contribution < 1.29 is 18.7 Å². The maximum absolute atomic E-state index is 12.9. The second-order valence-corrected chi connectivity index (χ2v) is 8.00. The summed E-state index contributed by atoms with van der Waals surface area (Å²) >= 11 is 0. The molecule has 0 saturated heterocycles. The zero-order valence-corrected chi connectivity index (χ0v) is 19.0. The van der Waals surface area contributed by atoms with Gasteiger partial charge in [0.2, 0.25) is 11.2 Å². The van der Waals surface area contributed by atoms with E-state index in [-0.39, 0.29) is 23.7 Å². The summed E-state index contributed by atoms with van der Waals surface area (Å²) in [6.45, 7) is 7.44. The van der Waals surface area contributed by atoms with Crippen molar-refractivity contribution in [2.75, 3.05) is 11.9 Å². The average Bonchev–Trinajstić information content (AvgIpc) is 2.78. The Labute approximate surface area is 191 Å². The molecule has 0 atom stereocenters. The van der Waals surface area contributed by atoms with Crippen molar-refractivity contribution in [2.24, 2.45) is 0 Å². The number of carbonyl (C=O) groups excluding carboxylic acids is 1. The van der Waals surface area contributed by atoms with E-state index in [0.717, 1.165) is 22.4 Å². The van der Waals surface area contributed by atoms with E-state index in [2.05, 4.69) is 5.32 Å². The largest absolute Gasteiger partial charge is 0.484 e. The third-order valence-corrected chi connectivity index (χ3v) is 5.26. The van der Waals surface area contributed by atoms with Gasteiger partial charge in [0.15, 0.2) is 6.61 Å². The number of fused-ring (bicyclic) bond motifs is 1. The van der Waals surface area contributed by atoms with Crippen LogP contribution in [0.5, 0.6) is 17.2 Å². The highest BCUT2D eigenvalue weighted by molar-refractivity contribution is 5.93. The first kappa shape index (κ1) is 22.1. The van der Waals surface area contributed by atoms with Crippen LogP contribution >= 0.6 is 0 Å². The van der Waals surface area contributed by atoms with E-state index in [9.17, 15) is 9.59 Å². The first-order valence-electron chi connectivity index (χ1n) is 10.6. The van der Waals surface area contributed by atoms with Gasteiger partial charge in [0, 0.05) is 11.8 Å². The number of aryl methyl sites for hydroxylation is 4. The summed E-state index contributed by atoms with van der Waals surface area (Å²) in [5.74, 6) is 1.21. The number of hydrogen-bond donors (Lipinski definition) is 1. The maximum atomic E-state index is 12.9. The van der Waals surface area contributed by atoms with E-state index in [4.69, 9.17) is 13.9 Å². The van der Waals surface area contributed by atoms with Gasteiger partial charge in [-0.3, -0.25) is 9.59 Å². The molecule has 0 unspecified atom stereocenters. The summed E-state index contributed by atoms with van der Waals surface area (Å²) in [7, 11) is 0. The first-order valence-corrected chi connectivity index (χ1v) is 10.6. The van der Waals surface area contributed by atoms with Crippen LogP contribution in [0.25, 0.3) is 11.0 Å². The van der Waals surface area contributed by atoms with E-state index >= 15 is 0 Å². The Morgan fingerprint density at radius 2 is 1.61 bits per heavy atom. The molecule has 168 valence electrons. The van der Waals surface area contributed by atoms with Gasteiger partial charge in [-0.1, -0.05) is 35.9 Å². The molecule has 6 heteroatoms. The Kier molecular flexibility index (Phi) is 6.18. The Bertz CT molecular complexity index is 1370. The second-order valence-electron chi connectivity index (χ2n) is 8.00. The zero-order valence-electron chi connectivity index (χ0n) is 19.0. The van der Waals surface area contributed by atoms with E-state index in [0.29, 0.717) is 28.2 Å². The lowest BCUT2D eigenvalue weighted by atomic mass is 10.1. The van der Waals surface area contributed by atoms with Crippen molar-refractivity contribution in [3.05, 3.63) is 93.3 Å². The van der Waals surface area contributed by atoms with E-state index in [1.54, 1.807) is 37.3 Å². The molecular weight excluding hydrogens is 418 g/mol.